The first-order valence-electron chi connectivity index (χ1n) is 6.71. The van der Waals surface area contributed by atoms with Crippen molar-refractivity contribution in [3.8, 4) is 11.5 Å². The molecular weight excluding hydrogens is 278 g/mol. The Morgan fingerprint density at radius 2 is 2.10 bits per heavy atom. The van der Waals surface area contributed by atoms with Crippen molar-refractivity contribution in [2.45, 2.75) is 39.0 Å². The van der Waals surface area contributed by atoms with Gasteiger partial charge in [-0.3, -0.25) is 0 Å². The van der Waals surface area contributed by atoms with Gasteiger partial charge >= 0.3 is 0 Å². The standard InChI is InChI=1S/C15H22ClNO3/c1-15(2)12(7-13(15)20-4)17-8-9-5-10(16)6-11(19-3)14(9)18/h5-6,12-13,17-18H,7-8H2,1-4H3. The molecule has 1 aromatic rings. The highest BCUT2D eigenvalue weighted by Crippen LogP contribution is 2.43. The van der Waals surface area contributed by atoms with Gasteiger partial charge in [0.2, 0.25) is 0 Å². The molecule has 0 bridgehead atoms. The number of rotatable bonds is 5. The van der Waals surface area contributed by atoms with Crippen LogP contribution in [0.15, 0.2) is 12.1 Å². The third-order valence-corrected chi connectivity index (χ3v) is 4.56. The first-order chi connectivity index (χ1) is 9.40. The number of aromatic hydroxyl groups is 1. The summed E-state index contributed by atoms with van der Waals surface area (Å²) in [6.45, 7) is 4.91. The Balaban J connectivity index is 2.04. The Kier molecular flexibility index (Phi) is 4.47. The second kappa shape index (κ2) is 5.80. The van der Waals surface area contributed by atoms with Crippen LogP contribution in [0.25, 0.3) is 0 Å². The number of hydrogen-bond donors (Lipinski definition) is 2. The van der Waals surface area contributed by atoms with Gasteiger partial charge in [-0.1, -0.05) is 25.4 Å². The number of phenolic OH excluding ortho intramolecular Hbond substituents is 1. The normalized spacial score (nSPS) is 24.2. The van der Waals surface area contributed by atoms with Crippen molar-refractivity contribution in [1.82, 2.24) is 5.32 Å². The van der Waals surface area contributed by atoms with Crippen LogP contribution in [0, 0.1) is 5.41 Å². The van der Waals surface area contributed by atoms with Crippen molar-refractivity contribution in [2.24, 2.45) is 5.41 Å². The van der Waals surface area contributed by atoms with Crippen LogP contribution in [-0.4, -0.2) is 31.5 Å². The van der Waals surface area contributed by atoms with Gasteiger partial charge in [0.15, 0.2) is 11.5 Å². The molecule has 1 fully saturated rings. The molecular formula is C15H22ClNO3. The number of nitrogens with one attached hydrogen (secondary N) is 1. The zero-order valence-electron chi connectivity index (χ0n) is 12.4. The topological polar surface area (TPSA) is 50.7 Å². The molecule has 0 saturated heterocycles. The minimum atomic E-state index is 0.0903. The zero-order valence-corrected chi connectivity index (χ0v) is 13.1. The number of ether oxygens (including phenoxy) is 2. The molecule has 1 saturated carbocycles. The fourth-order valence-corrected chi connectivity index (χ4v) is 3.01. The van der Waals surface area contributed by atoms with Crippen molar-refractivity contribution >= 4 is 11.6 Å². The van der Waals surface area contributed by atoms with E-state index in [1.54, 1.807) is 19.2 Å². The predicted molar refractivity (Wildman–Crippen MR) is 79.5 cm³/mol. The van der Waals surface area contributed by atoms with Gasteiger partial charge in [0, 0.05) is 41.8 Å². The summed E-state index contributed by atoms with van der Waals surface area (Å²) in [7, 11) is 3.26. The van der Waals surface area contributed by atoms with E-state index in [2.05, 4.69) is 19.2 Å². The average Bonchev–Trinajstić information content (AvgIpc) is 2.40. The van der Waals surface area contributed by atoms with Crippen LogP contribution in [0.4, 0.5) is 0 Å². The maximum absolute atomic E-state index is 10.1. The molecule has 2 unspecified atom stereocenters. The molecule has 2 rings (SSSR count). The van der Waals surface area contributed by atoms with Crippen molar-refractivity contribution in [3.63, 3.8) is 0 Å². The van der Waals surface area contributed by atoms with Crippen molar-refractivity contribution in [2.75, 3.05) is 14.2 Å². The van der Waals surface area contributed by atoms with Crippen LogP contribution in [-0.2, 0) is 11.3 Å². The largest absolute Gasteiger partial charge is 0.504 e. The van der Waals surface area contributed by atoms with E-state index in [9.17, 15) is 5.11 Å². The predicted octanol–water partition coefficient (Wildman–Crippen LogP) is 2.96. The van der Waals surface area contributed by atoms with E-state index in [0.29, 0.717) is 23.4 Å². The van der Waals surface area contributed by atoms with Crippen LogP contribution in [0.2, 0.25) is 5.02 Å². The molecule has 2 N–H and O–H groups in total. The zero-order chi connectivity index (χ0) is 14.9. The summed E-state index contributed by atoms with van der Waals surface area (Å²) in [5.41, 5.74) is 0.832. The second-order valence-electron chi connectivity index (χ2n) is 5.83. The monoisotopic (exact) mass is 299 g/mol. The number of hydrogen-bond acceptors (Lipinski definition) is 4. The van der Waals surface area contributed by atoms with E-state index in [-0.39, 0.29) is 17.3 Å². The Bertz CT molecular complexity index is 490. The molecule has 0 aliphatic heterocycles. The van der Waals surface area contributed by atoms with E-state index in [1.807, 2.05) is 0 Å². The summed E-state index contributed by atoms with van der Waals surface area (Å²) in [5.74, 6) is 0.543. The molecule has 1 aliphatic carbocycles. The molecule has 0 radical (unpaired) electrons. The van der Waals surface area contributed by atoms with E-state index < -0.39 is 0 Å². The lowest BCUT2D eigenvalue weighted by Crippen LogP contribution is -2.60. The summed E-state index contributed by atoms with van der Waals surface area (Å²) in [6, 6.07) is 3.72. The molecule has 112 valence electrons. The van der Waals surface area contributed by atoms with Crippen LogP contribution < -0.4 is 10.1 Å². The van der Waals surface area contributed by atoms with Crippen molar-refractivity contribution < 1.29 is 14.6 Å². The third kappa shape index (κ3) is 2.73. The smallest absolute Gasteiger partial charge is 0.162 e. The molecule has 1 aliphatic rings. The first kappa shape index (κ1) is 15.4. The van der Waals surface area contributed by atoms with Gasteiger partial charge in [0.25, 0.3) is 0 Å². The summed E-state index contributed by atoms with van der Waals surface area (Å²) >= 11 is 6.03. The van der Waals surface area contributed by atoms with E-state index in [4.69, 9.17) is 21.1 Å². The number of halogens is 1. The Morgan fingerprint density at radius 1 is 1.40 bits per heavy atom. The summed E-state index contributed by atoms with van der Waals surface area (Å²) < 4.78 is 10.5. The van der Waals surface area contributed by atoms with Gasteiger partial charge in [-0.2, -0.15) is 0 Å². The number of benzene rings is 1. The van der Waals surface area contributed by atoms with Gasteiger partial charge < -0.3 is 19.9 Å². The third-order valence-electron chi connectivity index (χ3n) is 4.34. The number of phenols is 1. The lowest BCUT2D eigenvalue weighted by molar-refractivity contribution is -0.0979. The summed E-state index contributed by atoms with van der Waals surface area (Å²) in [6.07, 6.45) is 1.25. The Labute approximate surface area is 125 Å². The highest BCUT2D eigenvalue weighted by molar-refractivity contribution is 6.30. The Morgan fingerprint density at radius 3 is 2.65 bits per heavy atom. The van der Waals surface area contributed by atoms with Crippen molar-refractivity contribution in [1.29, 1.82) is 0 Å². The van der Waals surface area contributed by atoms with Gasteiger partial charge in [0.1, 0.15) is 0 Å². The van der Waals surface area contributed by atoms with E-state index >= 15 is 0 Å². The van der Waals surface area contributed by atoms with Gasteiger partial charge in [-0.05, 0) is 12.5 Å². The maximum Gasteiger partial charge on any atom is 0.162 e. The lowest BCUT2D eigenvalue weighted by Gasteiger charge is -2.51. The molecule has 5 heteroatoms. The average molecular weight is 300 g/mol. The van der Waals surface area contributed by atoms with Gasteiger partial charge in [-0.15, -0.1) is 0 Å². The quantitative estimate of drug-likeness (QED) is 0.878. The number of methoxy groups -OCH3 is 2. The van der Waals surface area contributed by atoms with Crippen molar-refractivity contribution in [3.05, 3.63) is 22.7 Å². The van der Waals surface area contributed by atoms with Crippen LogP contribution in [0.1, 0.15) is 25.8 Å². The van der Waals surface area contributed by atoms with E-state index in [0.717, 1.165) is 12.0 Å². The molecule has 0 amide bonds. The fraction of sp³-hybridized carbons (Fsp3) is 0.600. The highest BCUT2D eigenvalue weighted by atomic mass is 35.5. The molecule has 1 aromatic carbocycles. The highest BCUT2D eigenvalue weighted by Gasteiger charge is 2.48. The molecule has 0 spiro atoms. The summed E-state index contributed by atoms with van der Waals surface area (Å²) in [4.78, 5) is 0. The minimum absolute atomic E-state index is 0.0903. The second-order valence-corrected chi connectivity index (χ2v) is 6.27. The molecule has 0 heterocycles. The SMILES string of the molecule is COc1cc(Cl)cc(CNC2CC(OC)C2(C)C)c1O. The fourth-order valence-electron chi connectivity index (χ4n) is 2.78. The maximum atomic E-state index is 10.1. The molecule has 2 atom stereocenters. The van der Waals surface area contributed by atoms with Gasteiger partial charge in [0.05, 0.1) is 13.2 Å². The molecule has 0 aromatic heterocycles. The molecule has 20 heavy (non-hydrogen) atoms. The van der Waals surface area contributed by atoms with Crippen LogP contribution in [0.5, 0.6) is 11.5 Å². The minimum Gasteiger partial charge on any atom is -0.504 e. The summed E-state index contributed by atoms with van der Waals surface area (Å²) in [5, 5.41) is 14.1. The first-order valence-corrected chi connectivity index (χ1v) is 7.09. The Hall–Kier alpha value is -0.970. The van der Waals surface area contributed by atoms with Crippen LogP contribution >= 0.6 is 11.6 Å². The lowest BCUT2D eigenvalue weighted by atomic mass is 9.64. The molecule has 4 nitrogen and oxygen atoms in total. The van der Waals surface area contributed by atoms with E-state index in [1.165, 1.54) is 7.11 Å². The van der Waals surface area contributed by atoms with Crippen LogP contribution in [0.3, 0.4) is 0 Å². The van der Waals surface area contributed by atoms with Gasteiger partial charge in [-0.25, -0.2) is 0 Å².